The van der Waals surface area contributed by atoms with E-state index in [1.165, 1.54) is 19.2 Å². The predicted octanol–water partition coefficient (Wildman–Crippen LogP) is 1.79. The van der Waals surface area contributed by atoms with E-state index in [1.54, 1.807) is 37.4 Å². The molecule has 7 nitrogen and oxygen atoms in total. The highest BCUT2D eigenvalue weighted by molar-refractivity contribution is 5.96. The first-order chi connectivity index (χ1) is 11.5. The minimum atomic E-state index is -0.712. The number of rotatable bonds is 7. The van der Waals surface area contributed by atoms with Gasteiger partial charge in [-0.25, -0.2) is 4.79 Å². The molecule has 0 bridgehead atoms. The van der Waals surface area contributed by atoms with Gasteiger partial charge in [0.2, 0.25) is 0 Å². The number of esters is 1. The summed E-state index contributed by atoms with van der Waals surface area (Å²) >= 11 is 0. The molecule has 0 aliphatic rings. The number of nitrogens with two attached hydrogens (primary N) is 1. The topological polar surface area (TPSA) is 97.1 Å². The van der Waals surface area contributed by atoms with Crippen LogP contribution in [0, 0.1) is 0 Å². The number of carbonyl (C=O) groups excluding carboxylic acids is 2. The fourth-order valence-corrected chi connectivity index (χ4v) is 1.88. The number of benzene rings is 2. The van der Waals surface area contributed by atoms with Crippen molar-refractivity contribution in [1.82, 2.24) is 0 Å². The van der Waals surface area contributed by atoms with Crippen LogP contribution in [0.4, 0.5) is 0 Å². The number of amides is 1. The molecule has 7 heteroatoms. The molecule has 0 aromatic heterocycles. The van der Waals surface area contributed by atoms with Gasteiger partial charge in [-0.05, 0) is 36.4 Å². The second-order valence-corrected chi connectivity index (χ2v) is 4.66. The molecule has 126 valence electrons. The Morgan fingerprint density at radius 3 is 2.08 bits per heavy atom. The summed E-state index contributed by atoms with van der Waals surface area (Å²) in [5, 5.41) is 0. The molecule has 0 fully saturated rings. The lowest BCUT2D eigenvalue weighted by Gasteiger charge is -2.10. The second-order valence-electron chi connectivity index (χ2n) is 4.66. The van der Waals surface area contributed by atoms with Crippen LogP contribution in [0.15, 0.2) is 42.5 Å². The first kappa shape index (κ1) is 17.1. The van der Waals surface area contributed by atoms with E-state index in [0.29, 0.717) is 17.2 Å². The average Bonchev–Trinajstić information content (AvgIpc) is 2.60. The van der Waals surface area contributed by atoms with Gasteiger partial charge in [-0.1, -0.05) is 0 Å². The molecule has 0 saturated heterocycles. The summed E-state index contributed by atoms with van der Waals surface area (Å²) in [6.45, 7) is -0.332. The molecule has 0 radical (unpaired) electrons. The molecule has 2 rings (SSSR count). The SMILES string of the molecule is COc1ccc(OCC(=O)Oc2cc(OC)ccc2C(N)=O)cc1. The van der Waals surface area contributed by atoms with Crippen molar-refractivity contribution < 1.29 is 28.5 Å². The zero-order valence-electron chi connectivity index (χ0n) is 13.3. The fraction of sp³-hybridized carbons (Fsp3) is 0.176. The van der Waals surface area contributed by atoms with Crippen molar-refractivity contribution in [3.8, 4) is 23.0 Å². The van der Waals surface area contributed by atoms with Gasteiger partial charge in [-0.2, -0.15) is 0 Å². The maximum absolute atomic E-state index is 11.9. The summed E-state index contributed by atoms with van der Waals surface area (Å²) in [5.74, 6) is 0.211. The Morgan fingerprint density at radius 1 is 0.917 bits per heavy atom. The predicted molar refractivity (Wildman–Crippen MR) is 85.6 cm³/mol. The Labute approximate surface area is 138 Å². The van der Waals surface area contributed by atoms with E-state index in [2.05, 4.69) is 0 Å². The maximum atomic E-state index is 11.9. The molecule has 0 atom stereocenters. The zero-order chi connectivity index (χ0) is 17.5. The molecule has 0 unspecified atom stereocenters. The minimum Gasteiger partial charge on any atom is -0.497 e. The van der Waals surface area contributed by atoms with E-state index in [0.717, 1.165) is 0 Å². The molecule has 2 N–H and O–H groups in total. The Kier molecular flexibility index (Phi) is 5.62. The normalized spacial score (nSPS) is 9.92. The molecular weight excluding hydrogens is 314 g/mol. The van der Waals surface area contributed by atoms with Crippen molar-refractivity contribution in [2.24, 2.45) is 5.73 Å². The lowest BCUT2D eigenvalue weighted by molar-refractivity contribution is -0.136. The summed E-state index contributed by atoms with van der Waals surface area (Å²) in [4.78, 5) is 23.3. The van der Waals surface area contributed by atoms with Crippen LogP contribution < -0.4 is 24.7 Å². The Hall–Kier alpha value is -3.22. The highest BCUT2D eigenvalue weighted by atomic mass is 16.6. The molecule has 0 aliphatic heterocycles. The molecule has 1 amide bonds. The van der Waals surface area contributed by atoms with Crippen LogP contribution in [-0.4, -0.2) is 32.7 Å². The van der Waals surface area contributed by atoms with Gasteiger partial charge in [0.1, 0.15) is 23.0 Å². The number of primary amides is 1. The molecule has 0 heterocycles. The highest BCUT2D eigenvalue weighted by Gasteiger charge is 2.15. The van der Waals surface area contributed by atoms with Crippen molar-refractivity contribution in [2.45, 2.75) is 0 Å². The maximum Gasteiger partial charge on any atom is 0.349 e. The van der Waals surface area contributed by atoms with Crippen LogP contribution in [0.1, 0.15) is 10.4 Å². The molecular formula is C17H17NO6. The lowest BCUT2D eigenvalue weighted by atomic mass is 10.2. The molecule has 0 saturated carbocycles. The minimum absolute atomic E-state index is 0.0187. The monoisotopic (exact) mass is 331 g/mol. The van der Waals surface area contributed by atoms with Crippen molar-refractivity contribution >= 4 is 11.9 Å². The van der Waals surface area contributed by atoms with E-state index in [-0.39, 0.29) is 17.9 Å². The first-order valence-electron chi connectivity index (χ1n) is 6.99. The Morgan fingerprint density at radius 2 is 1.50 bits per heavy atom. The van der Waals surface area contributed by atoms with Crippen molar-refractivity contribution in [2.75, 3.05) is 20.8 Å². The largest absolute Gasteiger partial charge is 0.497 e. The van der Waals surface area contributed by atoms with Crippen molar-refractivity contribution in [1.29, 1.82) is 0 Å². The molecule has 0 aliphatic carbocycles. The summed E-state index contributed by atoms with van der Waals surface area (Å²) < 4.78 is 20.5. The number of methoxy groups -OCH3 is 2. The van der Waals surface area contributed by atoms with Gasteiger partial charge in [-0.15, -0.1) is 0 Å². The van der Waals surface area contributed by atoms with E-state index in [1.807, 2.05) is 0 Å². The van der Waals surface area contributed by atoms with Crippen LogP contribution >= 0.6 is 0 Å². The van der Waals surface area contributed by atoms with E-state index < -0.39 is 11.9 Å². The molecule has 24 heavy (non-hydrogen) atoms. The van der Waals surface area contributed by atoms with Crippen LogP contribution in [0.5, 0.6) is 23.0 Å². The number of hydrogen-bond donors (Lipinski definition) is 1. The molecule has 0 spiro atoms. The van der Waals surface area contributed by atoms with Gasteiger partial charge in [0.15, 0.2) is 6.61 Å². The standard InChI is InChI=1S/C17H17NO6/c1-21-11-3-5-12(6-4-11)23-10-16(19)24-15-9-13(22-2)7-8-14(15)17(18)20/h3-9H,10H2,1-2H3,(H2,18,20). The van der Waals surface area contributed by atoms with Crippen LogP contribution in [-0.2, 0) is 4.79 Å². The quantitative estimate of drug-likeness (QED) is 0.613. The average molecular weight is 331 g/mol. The van der Waals surface area contributed by atoms with E-state index >= 15 is 0 Å². The summed E-state index contributed by atoms with van der Waals surface area (Å²) in [6.07, 6.45) is 0. The van der Waals surface area contributed by atoms with E-state index in [9.17, 15) is 9.59 Å². The number of hydrogen-bond acceptors (Lipinski definition) is 6. The third-order valence-electron chi connectivity index (χ3n) is 3.09. The van der Waals surface area contributed by atoms with Crippen LogP contribution in [0.3, 0.4) is 0 Å². The van der Waals surface area contributed by atoms with Gasteiger partial charge in [-0.3, -0.25) is 4.79 Å². The van der Waals surface area contributed by atoms with Crippen LogP contribution in [0.25, 0.3) is 0 Å². The van der Waals surface area contributed by atoms with Crippen molar-refractivity contribution in [3.05, 3.63) is 48.0 Å². The number of carbonyl (C=O) groups is 2. The number of ether oxygens (including phenoxy) is 4. The lowest BCUT2D eigenvalue weighted by Crippen LogP contribution is -2.20. The summed E-state index contributed by atoms with van der Waals surface area (Å²) in [6, 6.07) is 11.1. The van der Waals surface area contributed by atoms with E-state index in [4.69, 9.17) is 24.7 Å². The molecule has 2 aromatic carbocycles. The fourth-order valence-electron chi connectivity index (χ4n) is 1.88. The first-order valence-corrected chi connectivity index (χ1v) is 6.99. The molecule has 2 aromatic rings. The Balaban J connectivity index is 2.02. The van der Waals surface area contributed by atoms with Gasteiger partial charge in [0, 0.05) is 6.07 Å². The van der Waals surface area contributed by atoms with Gasteiger partial charge >= 0.3 is 5.97 Å². The zero-order valence-corrected chi connectivity index (χ0v) is 13.3. The second kappa shape index (κ2) is 7.87. The third-order valence-corrected chi connectivity index (χ3v) is 3.09. The Bertz CT molecular complexity index is 726. The van der Waals surface area contributed by atoms with Crippen molar-refractivity contribution in [3.63, 3.8) is 0 Å². The van der Waals surface area contributed by atoms with Crippen LogP contribution in [0.2, 0.25) is 0 Å². The van der Waals surface area contributed by atoms with Gasteiger partial charge in [0.05, 0.1) is 19.8 Å². The smallest absolute Gasteiger partial charge is 0.349 e. The van der Waals surface area contributed by atoms with Gasteiger partial charge in [0.25, 0.3) is 5.91 Å². The summed E-state index contributed by atoms with van der Waals surface area (Å²) in [7, 11) is 3.01. The van der Waals surface area contributed by atoms with Gasteiger partial charge < -0.3 is 24.7 Å². The third kappa shape index (κ3) is 4.39. The summed E-state index contributed by atoms with van der Waals surface area (Å²) in [5.41, 5.74) is 5.34. The highest BCUT2D eigenvalue weighted by Crippen LogP contribution is 2.25.